The van der Waals surface area contributed by atoms with Crippen molar-refractivity contribution in [2.75, 3.05) is 11.9 Å². The smallest absolute Gasteiger partial charge is 0.253 e. The summed E-state index contributed by atoms with van der Waals surface area (Å²) in [4.78, 5) is 24.6. The summed E-state index contributed by atoms with van der Waals surface area (Å²) in [6, 6.07) is 8.08. The molecule has 3 saturated carbocycles. The number of carbonyl (C=O) groups excluding carboxylic acids is 2. The average Bonchev–Trinajstić information content (AvgIpc) is 3.44. The van der Waals surface area contributed by atoms with Crippen LogP contribution in [0.25, 0.3) is 0 Å². The van der Waals surface area contributed by atoms with E-state index in [4.69, 9.17) is 0 Å². The number of amides is 2. The molecule has 3 fully saturated rings. The first kappa shape index (κ1) is 15.5. The topological polar surface area (TPSA) is 70.2 Å². The first-order chi connectivity index (χ1) is 11.7. The number of benzene rings is 1. The summed E-state index contributed by atoms with van der Waals surface area (Å²) in [6.45, 7) is 0.212. The molecule has 3 aliphatic carbocycles. The van der Waals surface area contributed by atoms with Gasteiger partial charge in [0, 0.05) is 17.8 Å². The molecule has 0 unspecified atom stereocenters. The number of rotatable bonds is 8. The lowest BCUT2D eigenvalue weighted by Gasteiger charge is -2.18. The zero-order chi connectivity index (χ0) is 16.5. The third kappa shape index (κ3) is 3.89. The van der Waals surface area contributed by atoms with Gasteiger partial charge in [-0.15, -0.1) is 0 Å². The fraction of sp³-hybridized carbons (Fsp3) is 0.579. The van der Waals surface area contributed by atoms with Crippen molar-refractivity contribution in [2.45, 2.75) is 50.6 Å². The number of nitrogens with one attached hydrogen (secondary N) is 3. The minimum absolute atomic E-state index is 0.0243. The van der Waals surface area contributed by atoms with Crippen LogP contribution in [0.1, 0.15) is 48.9 Å². The molecule has 24 heavy (non-hydrogen) atoms. The van der Waals surface area contributed by atoms with Crippen LogP contribution >= 0.6 is 0 Å². The Kier molecular flexibility index (Phi) is 4.17. The molecule has 0 bridgehead atoms. The number of carbonyl (C=O) groups is 2. The second kappa shape index (κ2) is 6.46. The van der Waals surface area contributed by atoms with Gasteiger partial charge in [-0.05, 0) is 62.5 Å². The predicted octanol–water partition coefficient (Wildman–Crippen LogP) is 2.30. The van der Waals surface area contributed by atoms with E-state index in [1.165, 1.54) is 25.7 Å². The number of hydrogen-bond acceptors (Lipinski definition) is 3. The van der Waals surface area contributed by atoms with Crippen molar-refractivity contribution in [3.8, 4) is 0 Å². The van der Waals surface area contributed by atoms with Gasteiger partial charge in [0.1, 0.15) is 0 Å². The van der Waals surface area contributed by atoms with Crippen LogP contribution < -0.4 is 16.0 Å². The van der Waals surface area contributed by atoms with Gasteiger partial charge in [0.15, 0.2) is 0 Å². The molecule has 3 N–H and O–H groups in total. The van der Waals surface area contributed by atoms with Crippen LogP contribution in [0.15, 0.2) is 24.3 Å². The highest BCUT2D eigenvalue weighted by molar-refractivity contribution is 6.00. The van der Waals surface area contributed by atoms with Gasteiger partial charge >= 0.3 is 0 Å². The Morgan fingerprint density at radius 2 is 1.67 bits per heavy atom. The van der Waals surface area contributed by atoms with Crippen LogP contribution in [0.5, 0.6) is 0 Å². The van der Waals surface area contributed by atoms with Crippen molar-refractivity contribution in [1.82, 2.24) is 10.6 Å². The molecule has 1 aromatic rings. The van der Waals surface area contributed by atoms with Crippen LogP contribution in [0.2, 0.25) is 0 Å². The lowest BCUT2D eigenvalue weighted by molar-refractivity contribution is -0.120. The Hall–Kier alpha value is -2.04. The second-order valence-corrected chi connectivity index (χ2v) is 7.42. The quantitative estimate of drug-likeness (QED) is 0.686. The summed E-state index contributed by atoms with van der Waals surface area (Å²) in [5.74, 6) is 1.35. The van der Waals surface area contributed by atoms with Gasteiger partial charge in [0.25, 0.3) is 5.91 Å². The molecule has 128 valence electrons. The zero-order valence-corrected chi connectivity index (χ0v) is 13.9. The minimum atomic E-state index is -0.0603. The fourth-order valence-corrected chi connectivity index (χ4v) is 3.27. The molecule has 0 heterocycles. The Labute approximate surface area is 142 Å². The van der Waals surface area contributed by atoms with E-state index in [1.54, 1.807) is 6.07 Å². The van der Waals surface area contributed by atoms with Crippen molar-refractivity contribution >= 4 is 17.5 Å². The van der Waals surface area contributed by atoms with Gasteiger partial charge in [-0.25, -0.2) is 0 Å². The molecule has 2 amide bonds. The molecule has 4 rings (SSSR count). The highest BCUT2D eigenvalue weighted by atomic mass is 16.2. The third-order valence-corrected chi connectivity index (χ3v) is 5.11. The number of hydrogen-bond donors (Lipinski definition) is 3. The Morgan fingerprint density at radius 1 is 1.00 bits per heavy atom. The highest BCUT2D eigenvalue weighted by Crippen LogP contribution is 2.44. The average molecular weight is 327 g/mol. The summed E-state index contributed by atoms with van der Waals surface area (Å²) < 4.78 is 0. The SMILES string of the molecule is O=C(CNc1ccccc1C(=O)NC1CC1)NC(C1CC1)C1CC1. The van der Waals surface area contributed by atoms with Crippen molar-refractivity contribution in [3.05, 3.63) is 29.8 Å². The first-order valence-electron chi connectivity index (χ1n) is 9.14. The van der Waals surface area contributed by atoms with Crippen molar-refractivity contribution in [2.24, 2.45) is 11.8 Å². The van der Waals surface area contributed by atoms with Gasteiger partial charge in [-0.3, -0.25) is 9.59 Å². The molecule has 5 heteroatoms. The summed E-state index contributed by atoms with van der Waals surface area (Å²) in [6.07, 6.45) is 7.12. The molecule has 0 atom stereocenters. The molecule has 0 aliphatic heterocycles. The molecular weight excluding hydrogens is 302 g/mol. The lowest BCUT2D eigenvalue weighted by Crippen LogP contribution is -2.41. The highest BCUT2D eigenvalue weighted by Gasteiger charge is 2.42. The minimum Gasteiger partial charge on any atom is -0.376 e. The molecule has 0 radical (unpaired) electrons. The summed E-state index contributed by atoms with van der Waals surface area (Å²) in [5, 5.41) is 9.34. The second-order valence-electron chi connectivity index (χ2n) is 7.42. The van der Waals surface area contributed by atoms with Crippen LogP contribution in [-0.2, 0) is 4.79 Å². The van der Waals surface area contributed by atoms with Crippen molar-refractivity contribution in [3.63, 3.8) is 0 Å². The summed E-state index contributed by atoms with van der Waals surface area (Å²) >= 11 is 0. The van der Waals surface area contributed by atoms with E-state index in [-0.39, 0.29) is 18.4 Å². The predicted molar refractivity (Wildman–Crippen MR) is 92.8 cm³/mol. The Bertz CT molecular complexity index is 621. The van der Waals surface area contributed by atoms with Gasteiger partial charge in [0.05, 0.1) is 12.1 Å². The van der Waals surface area contributed by atoms with E-state index in [2.05, 4.69) is 16.0 Å². The van der Waals surface area contributed by atoms with Gasteiger partial charge < -0.3 is 16.0 Å². The maximum atomic E-state index is 12.3. The van der Waals surface area contributed by atoms with Crippen LogP contribution in [0, 0.1) is 11.8 Å². The van der Waals surface area contributed by atoms with E-state index in [1.807, 2.05) is 18.2 Å². The molecule has 0 aromatic heterocycles. The molecular formula is C19H25N3O2. The number of para-hydroxylation sites is 1. The van der Waals surface area contributed by atoms with E-state index in [0.29, 0.717) is 29.5 Å². The van der Waals surface area contributed by atoms with E-state index >= 15 is 0 Å². The molecule has 0 saturated heterocycles. The van der Waals surface area contributed by atoms with Crippen molar-refractivity contribution < 1.29 is 9.59 Å². The monoisotopic (exact) mass is 327 g/mol. The first-order valence-corrected chi connectivity index (χ1v) is 9.14. The van der Waals surface area contributed by atoms with Crippen molar-refractivity contribution in [1.29, 1.82) is 0 Å². The molecule has 0 spiro atoms. The molecule has 1 aromatic carbocycles. The molecule has 5 nitrogen and oxygen atoms in total. The standard InChI is InChI=1S/C19H25N3O2/c23-17(22-18(12-5-6-12)13-7-8-13)11-20-16-4-2-1-3-15(16)19(24)21-14-9-10-14/h1-4,12-14,18,20H,5-11H2,(H,21,24)(H,22,23). The largest absolute Gasteiger partial charge is 0.376 e. The maximum Gasteiger partial charge on any atom is 0.253 e. The molecule has 3 aliphatic rings. The van der Waals surface area contributed by atoms with Gasteiger partial charge in [0.2, 0.25) is 5.91 Å². The van der Waals surface area contributed by atoms with Crippen LogP contribution in [-0.4, -0.2) is 30.4 Å². The Morgan fingerprint density at radius 3 is 2.29 bits per heavy atom. The van der Waals surface area contributed by atoms with Crippen LogP contribution in [0.3, 0.4) is 0 Å². The lowest BCUT2D eigenvalue weighted by atomic mass is 10.1. The van der Waals surface area contributed by atoms with Gasteiger partial charge in [-0.1, -0.05) is 12.1 Å². The normalized spacial score (nSPS) is 19.9. The number of anilines is 1. The third-order valence-electron chi connectivity index (χ3n) is 5.11. The van der Waals surface area contributed by atoms with E-state index < -0.39 is 0 Å². The van der Waals surface area contributed by atoms with Crippen LogP contribution in [0.4, 0.5) is 5.69 Å². The summed E-state index contributed by atoms with van der Waals surface area (Å²) in [5.41, 5.74) is 1.33. The zero-order valence-electron chi connectivity index (χ0n) is 13.9. The van der Waals surface area contributed by atoms with E-state index in [0.717, 1.165) is 18.5 Å². The van der Waals surface area contributed by atoms with Gasteiger partial charge in [-0.2, -0.15) is 0 Å². The Balaban J connectivity index is 1.33. The maximum absolute atomic E-state index is 12.3. The van der Waals surface area contributed by atoms with E-state index in [9.17, 15) is 9.59 Å². The fourth-order valence-electron chi connectivity index (χ4n) is 3.27. The summed E-state index contributed by atoms with van der Waals surface area (Å²) in [7, 11) is 0.